The van der Waals surface area contributed by atoms with E-state index in [-0.39, 0.29) is 11.8 Å². The quantitative estimate of drug-likeness (QED) is 0.665. The van der Waals surface area contributed by atoms with Crippen molar-refractivity contribution in [3.8, 4) is 0 Å². The fraction of sp³-hybridized carbons (Fsp3) is 0.533. The van der Waals surface area contributed by atoms with E-state index in [2.05, 4.69) is 26.2 Å². The molecule has 21 heavy (non-hydrogen) atoms. The molecular weight excluding hydrogens is 336 g/mol. The number of aromatic nitrogens is 1. The monoisotopic (exact) mass is 356 g/mol. The van der Waals surface area contributed by atoms with Crippen LogP contribution in [-0.2, 0) is 9.53 Å². The molecular formula is C15H21BrN2O3. The van der Waals surface area contributed by atoms with Gasteiger partial charge in [-0.05, 0) is 54.8 Å². The van der Waals surface area contributed by atoms with E-state index in [1.165, 1.54) is 0 Å². The maximum Gasteiger partial charge on any atom is 0.329 e. The van der Waals surface area contributed by atoms with E-state index in [0.29, 0.717) is 10.2 Å². The van der Waals surface area contributed by atoms with Gasteiger partial charge in [0.05, 0.1) is 5.56 Å². The Morgan fingerprint density at radius 1 is 1.33 bits per heavy atom. The lowest BCUT2D eigenvalue weighted by Gasteiger charge is -2.26. The second kappa shape index (κ2) is 7.02. The molecule has 0 radical (unpaired) electrons. The number of nitrogens with one attached hydrogen (secondary N) is 1. The topological polar surface area (TPSA) is 68.3 Å². The van der Waals surface area contributed by atoms with E-state index in [1.807, 2.05) is 13.8 Å². The zero-order valence-electron chi connectivity index (χ0n) is 12.9. The van der Waals surface area contributed by atoms with Crippen LogP contribution in [0.4, 0.5) is 0 Å². The first-order chi connectivity index (χ1) is 9.61. The predicted octanol–water partition coefficient (Wildman–Crippen LogP) is 2.94. The highest BCUT2D eigenvalue weighted by atomic mass is 79.9. The molecule has 1 amide bonds. The SMILES string of the molecule is CC(C)[C@H](NC(=O)c1cccnc1Br)C(=O)OC(C)(C)C. The summed E-state index contributed by atoms with van der Waals surface area (Å²) in [4.78, 5) is 28.4. The van der Waals surface area contributed by atoms with Gasteiger partial charge >= 0.3 is 5.97 Å². The van der Waals surface area contributed by atoms with Crippen LogP contribution in [0.2, 0.25) is 0 Å². The lowest BCUT2D eigenvalue weighted by Crippen LogP contribution is -2.47. The lowest BCUT2D eigenvalue weighted by molar-refractivity contribution is -0.158. The molecule has 0 unspecified atom stereocenters. The molecule has 116 valence electrons. The first-order valence-electron chi connectivity index (χ1n) is 6.76. The van der Waals surface area contributed by atoms with E-state index >= 15 is 0 Å². The Hall–Kier alpha value is -1.43. The second-order valence-electron chi connectivity index (χ2n) is 6.07. The minimum Gasteiger partial charge on any atom is -0.458 e. The highest BCUT2D eigenvalue weighted by Crippen LogP contribution is 2.15. The molecule has 0 saturated heterocycles. The van der Waals surface area contributed by atoms with Gasteiger partial charge in [0.15, 0.2) is 0 Å². The number of nitrogens with zero attached hydrogens (tertiary/aromatic N) is 1. The molecule has 0 saturated carbocycles. The summed E-state index contributed by atoms with van der Waals surface area (Å²) in [5.41, 5.74) is -0.212. The summed E-state index contributed by atoms with van der Waals surface area (Å²) >= 11 is 3.22. The van der Waals surface area contributed by atoms with Gasteiger partial charge in [-0.3, -0.25) is 4.79 Å². The number of hydrogen-bond donors (Lipinski definition) is 1. The summed E-state index contributed by atoms with van der Waals surface area (Å²) in [5.74, 6) is -0.885. The Balaban J connectivity index is 2.87. The Kier molecular flexibility index (Phi) is 5.89. The minimum absolute atomic E-state index is 0.0840. The van der Waals surface area contributed by atoms with Gasteiger partial charge in [0, 0.05) is 6.20 Å². The van der Waals surface area contributed by atoms with Gasteiger partial charge < -0.3 is 10.1 Å². The molecule has 5 nitrogen and oxygen atoms in total. The molecule has 1 heterocycles. The maximum absolute atomic E-state index is 12.3. The molecule has 1 rings (SSSR count). The molecule has 0 spiro atoms. The number of carbonyl (C=O) groups is 2. The molecule has 0 aliphatic rings. The van der Waals surface area contributed by atoms with Gasteiger partial charge in [0.25, 0.3) is 5.91 Å². The minimum atomic E-state index is -0.705. The van der Waals surface area contributed by atoms with Gasteiger partial charge in [-0.2, -0.15) is 0 Å². The third-order valence-corrected chi connectivity index (χ3v) is 3.25. The van der Waals surface area contributed by atoms with E-state index in [4.69, 9.17) is 4.74 Å². The number of amides is 1. The average molecular weight is 357 g/mol. The van der Waals surface area contributed by atoms with Crippen LogP contribution in [-0.4, -0.2) is 28.5 Å². The smallest absolute Gasteiger partial charge is 0.329 e. The number of pyridine rings is 1. The highest BCUT2D eigenvalue weighted by molar-refractivity contribution is 9.10. The van der Waals surface area contributed by atoms with Crippen molar-refractivity contribution in [2.45, 2.75) is 46.3 Å². The van der Waals surface area contributed by atoms with Crippen LogP contribution in [0.15, 0.2) is 22.9 Å². The third-order valence-electron chi connectivity index (χ3n) is 2.62. The van der Waals surface area contributed by atoms with E-state index in [9.17, 15) is 9.59 Å². The first kappa shape index (κ1) is 17.6. The summed E-state index contributed by atoms with van der Waals surface area (Å²) in [7, 11) is 0. The van der Waals surface area contributed by atoms with Crippen molar-refractivity contribution < 1.29 is 14.3 Å². The van der Waals surface area contributed by atoms with Crippen LogP contribution in [0.3, 0.4) is 0 Å². The summed E-state index contributed by atoms with van der Waals surface area (Å²) in [6.45, 7) is 9.09. The van der Waals surface area contributed by atoms with Gasteiger partial charge in [0.2, 0.25) is 0 Å². The Morgan fingerprint density at radius 2 is 1.95 bits per heavy atom. The number of halogens is 1. The standard InChI is InChI=1S/C15H21BrN2O3/c1-9(2)11(14(20)21-15(3,4)5)18-13(19)10-7-6-8-17-12(10)16/h6-9,11H,1-5H3,(H,18,19)/t11-/m0/s1. The number of esters is 1. The number of hydrogen-bond acceptors (Lipinski definition) is 4. The zero-order chi connectivity index (χ0) is 16.2. The predicted molar refractivity (Wildman–Crippen MR) is 83.9 cm³/mol. The third kappa shape index (κ3) is 5.46. The van der Waals surface area contributed by atoms with E-state index in [1.54, 1.807) is 39.1 Å². The van der Waals surface area contributed by atoms with Crippen molar-refractivity contribution in [2.24, 2.45) is 5.92 Å². The van der Waals surface area contributed by atoms with Crippen LogP contribution in [0.1, 0.15) is 45.0 Å². The van der Waals surface area contributed by atoms with Crippen molar-refractivity contribution in [3.63, 3.8) is 0 Å². The van der Waals surface area contributed by atoms with Crippen LogP contribution in [0.5, 0.6) is 0 Å². The second-order valence-corrected chi connectivity index (χ2v) is 6.82. The zero-order valence-corrected chi connectivity index (χ0v) is 14.5. The van der Waals surface area contributed by atoms with Crippen molar-refractivity contribution in [2.75, 3.05) is 0 Å². The summed E-state index contributed by atoms with van der Waals surface area (Å²) in [6, 6.07) is 2.60. The molecule has 1 atom stereocenters. The summed E-state index contributed by atoms with van der Waals surface area (Å²) in [6.07, 6.45) is 1.58. The molecule has 6 heteroatoms. The average Bonchev–Trinajstić information content (AvgIpc) is 2.33. The largest absolute Gasteiger partial charge is 0.458 e. The maximum atomic E-state index is 12.3. The van der Waals surface area contributed by atoms with Gasteiger partial charge in [-0.15, -0.1) is 0 Å². The molecule has 0 fully saturated rings. The molecule has 0 aliphatic carbocycles. The fourth-order valence-corrected chi connectivity index (χ4v) is 2.07. The first-order valence-corrected chi connectivity index (χ1v) is 7.55. The Labute approximate surface area is 133 Å². The van der Waals surface area contributed by atoms with E-state index in [0.717, 1.165) is 0 Å². The number of ether oxygens (including phenoxy) is 1. The number of carbonyl (C=O) groups excluding carboxylic acids is 2. The lowest BCUT2D eigenvalue weighted by atomic mass is 10.0. The van der Waals surface area contributed by atoms with Gasteiger partial charge in [-0.25, -0.2) is 9.78 Å². The highest BCUT2D eigenvalue weighted by Gasteiger charge is 2.29. The van der Waals surface area contributed by atoms with Crippen LogP contribution < -0.4 is 5.32 Å². The fourth-order valence-electron chi connectivity index (χ4n) is 1.64. The van der Waals surface area contributed by atoms with Crippen LogP contribution >= 0.6 is 15.9 Å². The van der Waals surface area contributed by atoms with Gasteiger partial charge in [-0.1, -0.05) is 13.8 Å². The van der Waals surface area contributed by atoms with E-state index < -0.39 is 17.6 Å². The summed E-state index contributed by atoms with van der Waals surface area (Å²) < 4.78 is 5.79. The van der Waals surface area contributed by atoms with Crippen molar-refractivity contribution >= 4 is 27.8 Å². The normalized spacial score (nSPS) is 12.9. The van der Waals surface area contributed by atoms with Crippen LogP contribution in [0, 0.1) is 5.92 Å². The molecule has 1 N–H and O–H groups in total. The Bertz CT molecular complexity index is 524. The molecule has 1 aromatic heterocycles. The molecule has 0 aliphatic heterocycles. The van der Waals surface area contributed by atoms with Crippen molar-refractivity contribution in [3.05, 3.63) is 28.5 Å². The van der Waals surface area contributed by atoms with Crippen molar-refractivity contribution in [1.82, 2.24) is 10.3 Å². The molecule has 0 bridgehead atoms. The van der Waals surface area contributed by atoms with Crippen molar-refractivity contribution in [1.29, 1.82) is 0 Å². The molecule has 0 aromatic carbocycles. The van der Waals surface area contributed by atoms with Crippen LogP contribution in [0.25, 0.3) is 0 Å². The van der Waals surface area contributed by atoms with Gasteiger partial charge in [0.1, 0.15) is 16.2 Å². The Morgan fingerprint density at radius 3 is 2.43 bits per heavy atom. The number of rotatable bonds is 4. The summed E-state index contributed by atoms with van der Waals surface area (Å²) in [5, 5.41) is 2.71. The molecule has 1 aromatic rings.